The third kappa shape index (κ3) is 9.85. The van der Waals surface area contributed by atoms with Gasteiger partial charge in [0.25, 0.3) is 0 Å². The fourth-order valence-corrected chi connectivity index (χ4v) is 8.44. The maximum Gasteiger partial charge on any atom is 0.154 e. The van der Waals surface area contributed by atoms with E-state index in [-0.39, 0.29) is 24.4 Å². The van der Waals surface area contributed by atoms with E-state index in [0.29, 0.717) is 17.2 Å². The average Bonchev–Trinajstić information content (AvgIpc) is 3.67. The first kappa shape index (κ1) is 43.8. The molecular formula is C49H59N13O2. The smallest absolute Gasteiger partial charge is 0.154 e. The number of fused-ring (bicyclic) bond motifs is 3. The van der Waals surface area contributed by atoms with Crippen molar-refractivity contribution in [2.24, 2.45) is 5.73 Å². The molecule has 15 heteroatoms. The summed E-state index contributed by atoms with van der Waals surface area (Å²) in [7, 11) is 0. The van der Waals surface area contributed by atoms with Crippen LogP contribution in [0, 0.1) is 5.41 Å². The van der Waals surface area contributed by atoms with Crippen LogP contribution in [-0.2, 0) is 9.47 Å². The summed E-state index contributed by atoms with van der Waals surface area (Å²) in [5.74, 6) is 2.48. The van der Waals surface area contributed by atoms with Crippen LogP contribution in [0.5, 0.6) is 0 Å². The Labute approximate surface area is 374 Å². The van der Waals surface area contributed by atoms with Gasteiger partial charge in [0.2, 0.25) is 0 Å². The fourth-order valence-electron chi connectivity index (χ4n) is 8.44. The molecule has 2 aromatic carbocycles. The predicted molar refractivity (Wildman–Crippen MR) is 257 cm³/mol. The van der Waals surface area contributed by atoms with Gasteiger partial charge in [-0.3, -0.25) is 5.10 Å². The zero-order chi connectivity index (χ0) is 44.9. The number of nitrogen functional groups attached to an aromatic ring is 1. The molecule has 1 saturated carbocycles. The Bertz CT molecular complexity index is 2800. The average molecular weight is 862 g/mol. The molecule has 0 bridgehead atoms. The first-order valence-corrected chi connectivity index (χ1v) is 22.1. The quantitative estimate of drug-likeness (QED) is 0.0620. The third-order valence-electron chi connectivity index (χ3n) is 11.4. The maximum absolute atomic E-state index is 7.71. The number of hydrogen-bond donors (Lipinski definition) is 4. The lowest BCUT2D eigenvalue weighted by molar-refractivity contribution is -0.00577. The third-order valence-corrected chi connectivity index (χ3v) is 11.4. The molecule has 1 aliphatic carbocycles. The van der Waals surface area contributed by atoms with Gasteiger partial charge in [-0.05, 0) is 103 Å². The highest BCUT2D eigenvalue weighted by atomic mass is 16.5. The highest BCUT2D eigenvalue weighted by Crippen LogP contribution is 2.42. The first-order valence-electron chi connectivity index (χ1n) is 22.1. The van der Waals surface area contributed by atoms with Crippen LogP contribution in [0.25, 0.3) is 44.7 Å². The number of anilines is 3. The summed E-state index contributed by atoms with van der Waals surface area (Å²) >= 11 is 0. The molecule has 3 aliphatic rings. The lowest BCUT2D eigenvalue weighted by Crippen LogP contribution is -2.46. The number of benzene rings is 2. The summed E-state index contributed by atoms with van der Waals surface area (Å²) in [5, 5.41) is 26.4. The molecule has 7 heterocycles. The number of nitrogens with two attached hydrogens (primary N) is 2. The van der Waals surface area contributed by atoms with Crippen molar-refractivity contribution in [2.45, 2.75) is 84.2 Å². The Morgan fingerprint density at radius 3 is 1.97 bits per heavy atom. The normalized spacial score (nSPS) is 20.1. The molecule has 2 aliphatic heterocycles. The summed E-state index contributed by atoms with van der Waals surface area (Å²) in [4.78, 5) is 13.6. The van der Waals surface area contributed by atoms with E-state index in [9.17, 15) is 0 Å². The van der Waals surface area contributed by atoms with Gasteiger partial charge in [0.15, 0.2) is 11.3 Å². The van der Waals surface area contributed by atoms with Crippen molar-refractivity contribution in [1.29, 1.82) is 5.41 Å². The van der Waals surface area contributed by atoms with E-state index < -0.39 is 0 Å². The van der Waals surface area contributed by atoms with E-state index >= 15 is 0 Å². The van der Waals surface area contributed by atoms with Crippen molar-refractivity contribution >= 4 is 45.7 Å². The largest absolute Gasteiger partial charge is 0.405 e. The number of H-pyrrole nitrogens is 1. The van der Waals surface area contributed by atoms with Gasteiger partial charge in [-0.25, -0.2) is 19.0 Å². The molecule has 4 atom stereocenters. The van der Waals surface area contributed by atoms with Crippen molar-refractivity contribution in [3.63, 3.8) is 0 Å². The summed E-state index contributed by atoms with van der Waals surface area (Å²) in [5.41, 5.74) is 21.1. The molecule has 0 unspecified atom stereocenters. The van der Waals surface area contributed by atoms with E-state index in [1.54, 1.807) is 18.5 Å². The summed E-state index contributed by atoms with van der Waals surface area (Å²) in [6.07, 6.45) is 16.5. The van der Waals surface area contributed by atoms with Crippen molar-refractivity contribution in [2.75, 3.05) is 41.7 Å². The van der Waals surface area contributed by atoms with Gasteiger partial charge in [-0.15, -0.1) is 10.2 Å². The maximum atomic E-state index is 7.71. The van der Waals surface area contributed by atoms with Gasteiger partial charge in [0.05, 0.1) is 53.7 Å². The molecule has 0 spiro atoms. The molecule has 0 radical (unpaired) electrons. The number of allylic oxidation sites excluding steroid dienone is 4. The number of morpholine rings is 2. The van der Waals surface area contributed by atoms with Crippen LogP contribution in [-0.4, -0.2) is 96.2 Å². The molecule has 6 N–H and O–H groups in total. The van der Waals surface area contributed by atoms with E-state index in [4.69, 9.17) is 36.5 Å². The molecule has 64 heavy (non-hydrogen) atoms. The van der Waals surface area contributed by atoms with E-state index in [2.05, 4.69) is 88.5 Å². The Morgan fingerprint density at radius 2 is 1.41 bits per heavy atom. The minimum Gasteiger partial charge on any atom is -0.405 e. The van der Waals surface area contributed by atoms with Crippen LogP contribution >= 0.6 is 0 Å². The van der Waals surface area contributed by atoms with Gasteiger partial charge < -0.3 is 36.2 Å². The van der Waals surface area contributed by atoms with Crippen molar-refractivity contribution in [3.05, 3.63) is 121 Å². The van der Waals surface area contributed by atoms with E-state index in [1.807, 2.05) is 70.7 Å². The van der Waals surface area contributed by atoms with Crippen molar-refractivity contribution in [3.8, 4) is 22.5 Å². The van der Waals surface area contributed by atoms with Crippen LogP contribution in [0.4, 0.5) is 17.3 Å². The number of rotatable bonds is 9. The minimum absolute atomic E-state index is 0.164. The monoisotopic (exact) mass is 861 g/mol. The van der Waals surface area contributed by atoms with Crippen LogP contribution in [0.2, 0.25) is 0 Å². The minimum atomic E-state index is 0.164. The Balaban J connectivity index is 0.000000148. The molecule has 15 nitrogen and oxygen atoms in total. The topological polar surface area (TPSA) is 190 Å². The van der Waals surface area contributed by atoms with Crippen LogP contribution < -0.4 is 21.3 Å². The molecule has 3 fully saturated rings. The highest BCUT2D eigenvalue weighted by Gasteiger charge is 2.28. The number of imidazole rings is 2. The molecule has 5 aromatic heterocycles. The molecule has 7 aromatic rings. The van der Waals surface area contributed by atoms with Crippen molar-refractivity contribution < 1.29 is 9.47 Å². The van der Waals surface area contributed by atoms with Gasteiger partial charge in [0.1, 0.15) is 11.6 Å². The van der Waals surface area contributed by atoms with Gasteiger partial charge in [0, 0.05) is 71.8 Å². The molecular weight excluding hydrogens is 803 g/mol. The lowest BCUT2D eigenvalue weighted by atomic mass is 10.0. The van der Waals surface area contributed by atoms with Gasteiger partial charge in [-0.2, -0.15) is 5.10 Å². The highest BCUT2D eigenvalue weighted by molar-refractivity contribution is 5.94. The number of aromatic nitrogens is 8. The molecule has 332 valence electrons. The van der Waals surface area contributed by atoms with E-state index in [0.717, 1.165) is 89.1 Å². The fraction of sp³-hybridized carbons (Fsp3) is 0.347. The molecule has 2 saturated heterocycles. The van der Waals surface area contributed by atoms with Crippen LogP contribution in [0.15, 0.2) is 110 Å². The number of aromatic amines is 1. The second-order valence-corrected chi connectivity index (χ2v) is 17.0. The van der Waals surface area contributed by atoms with E-state index in [1.165, 1.54) is 30.1 Å². The Morgan fingerprint density at radius 1 is 0.812 bits per heavy atom. The lowest BCUT2D eigenvalue weighted by Gasteiger charge is -2.35. The zero-order valence-electron chi connectivity index (χ0n) is 37.4. The number of hydrogen-bond acceptors (Lipinski definition) is 12. The first-order chi connectivity index (χ1) is 31.0. The SMILES string of the molecule is C=C(C)/C=C\C/C=C/N.C[C@@H]1CN(c2ccc3ncc(-c4ccc5n[nH]c(C6CC6)c5c4)n3n2)C[C@H](C)O1.C[C@@H]1CN(c2ccc3ncc(-c4cccc(N)c4C=N)n3n2)C[C@H](C)O1. The van der Waals surface area contributed by atoms with Crippen LogP contribution in [0.3, 0.4) is 0 Å². The van der Waals surface area contributed by atoms with Crippen LogP contribution in [0.1, 0.15) is 71.1 Å². The second kappa shape index (κ2) is 19.3. The second-order valence-electron chi connectivity index (χ2n) is 17.0. The molecule has 0 amide bonds. The molecule has 10 rings (SSSR count). The summed E-state index contributed by atoms with van der Waals surface area (Å²) < 4.78 is 15.5. The number of nitrogens with one attached hydrogen (secondary N) is 2. The Hall–Kier alpha value is -6.84. The number of ether oxygens (including phenoxy) is 2. The summed E-state index contributed by atoms with van der Waals surface area (Å²) in [6, 6.07) is 20.1. The summed E-state index contributed by atoms with van der Waals surface area (Å²) in [6.45, 7) is 17.3. The standard InChI is InChI=1S/C22H24N6O.C19H22N6O.C8H13N/c1-13-11-27(12-14(2)29-13)21-8-7-20-23-10-19(28(20)26-21)16-5-6-18-17(9-16)22(25-24-18)15-3-4-15;1-12-10-24(11-13(2)26-12)19-7-6-18-22-9-17(25(18)23-19)14-4-3-5-16(21)15(14)8-20;1-8(2)6-4-3-5-7-9/h5-10,13-15H,3-4,11-12H2,1-2H3,(H,24,25);3-9,12-13,20H,10-11,21H2,1-2H3;4-7H,1,3,9H2,2H3/b;;6-4-,7-5+/t13-,14+;12-,13+;. The van der Waals surface area contributed by atoms with Gasteiger partial charge in [-0.1, -0.05) is 48.6 Å². The zero-order valence-corrected chi connectivity index (χ0v) is 37.4. The Kier molecular flexibility index (Phi) is 13.2. The van der Waals surface area contributed by atoms with Crippen molar-refractivity contribution in [1.82, 2.24) is 39.4 Å². The van der Waals surface area contributed by atoms with Gasteiger partial charge >= 0.3 is 0 Å². The number of nitrogens with zero attached hydrogens (tertiary/aromatic N) is 9. The predicted octanol–water partition coefficient (Wildman–Crippen LogP) is 8.33.